The van der Waals surface area contributed by atoms with E-state index >= 15 is 0 Å². The third-order valence-electron chi connectivity index (χ3n) is 2.63. The predicted molar refractivity (Wildman–Crippen MR) is 65.9 cm³/mol. The monoisotopic (exact) mass is 262 g/mol. The highest BCUT2D eigenvalue weighted by Gasteiger charge is 2.13. The second kappa shape index (κ2) is 4.03. The maximum atomic E-state index is 13.8. The number of nitrogens with zero attached hydrogens (tertiary/aromatic N) is 4. The molecule has 2 aromatic heterocycles. The van der Waals surface area contributed by atoms with Crippen LogP contribution in [0.4, 0.5) is 4.39 Å². The Morgan fingerprint density at radius 2 is 2.06 bits per heavy atom. The van der Waals surface area contributed by atoms with Gasteiger partial charge in [-0.05, 0) is 19.1 Å². The summed E-state index contributed by atoms with van der Waals surface area (Å²) in [6.07, 6.45) is 1.48. The van der Waals surface area contributed by atoms with Gasteiger partial charge in [-0.15, -0.1) is 10.2 Å². The Morgan fingerprint density at radius 1 is 1.22 bits per heavy atom. The highest BCUT2D eigenvalue weighted by molar-refractivity contribution is 6.29. The summed E-state index contributed by atoms with van der Waals surface area (Å²) in [5.74, 6) is 0.0696. The quantitative estimate of drug-likeness (QED) is 0.634. The van der Waals surface area contributed by atoms with Crippen LogP contribution in [0.2, 0.25) is 5.15 Å². The van der Waals surface area contributed by atoms with Gasteiger partial charge in [-0.2, -0.15) is 0 Å². The van der Waals surface area contributed by atoms with Gasteiger partial charge in [0.2, 0.25) is 0 Å². The van der Waals surface area contributed by atoms with Crippen LogP contribution < -0.4 is 0 Å². The summed E-state index contributed by atoms with van der Waals surface area (Å²) in [6.45, 7) is 1.89. The van der Waals surface area contributed by atoms with Crippen LogP contribution in [0.5, 0.6) is 0 Å². The van der Waals surface area contributed by atoms with Crippen LogP contribution in [-0.2, 0) is 0 Å². The molecule has 6 heteroatoms. The van der Waals surface area contributed by atoms with Crippen molar-refractivity contribution in [2.45, 2.75) is 6.92 Å². The maximum absolute atomic E-state index is 13.8. The lowest BCUT2D eigenvalue weighted by molar-refractivity contribution is 0.629. The average Bonchev–Trinajstić information content (AvgIpc) is 2.75. The molecule has 0 fully saturated rings. The molecule has 0 amide bonds. The van der Waals surface area contributed by atoms with Gasteiger partial charge in [0.25, 0.3) is 0 Å². The molecule has 0 radical (unpaired) electrons. The van der Waals surface area contributed by atoms with Gasteiger partial charge in [0.1, 0.15) is 17.3 Å². The van der Waals surface area contributed by atoms with Crippen LogP contribution in [0.1, 0.15) is 5.56 Å². The molecule has 4 nitrogen and oxygen atoms in total. The van der Waals surface area contributed by atoms with Crippen molar-refractivity contribution in [2.24, 2.45) is 0 Å². The van der Waals surface area contributed by atoms with Crippen LogP contribution in [0.15, 0.2) is 30.6 Å². The second-order valence-corrected chi connectivity index (χ2v) is 4.33. The molecule has 0 spiro atoms. The zero-order valence-electron chi connectivity index (χ0n) is 9.43. The summed E-state index contributed by atoms with van der Waals surface area (Å²) < 4.78 is 15.4. The van der Waals surface area contributed by atoms with Gasteiger partial charge >= 0.3 is 0 Å². The van der Waals surface area contributed by atoms with Gasteiger partial charge < -0.3 is 0 Å². The molecule has 2 heterocycles. The molecule has 0 atom stereocenters. The molecule has 0 N–H and O–H groups in total. The van der Waals surface area contributed by atoms with E-state index in [-0.39, 0.29) is 5.82 Å². The Labute approximate surface area is 107 Å². The fourth-order valence-corrected chi connectivity index (χ4v) is 1.91. The summed E-state index contributed by atoms with van der Waals surface area (Å²) in [5.41, 5.74) is 1.88. The topological polar surface area (TPSA) is 43.1 Å². The Morgan fingerprint density at radius 3 is 2.89 bits per heavy atom. The lowest BCUT2D eigenvalue weighted by Gasteiger charge is -2.02. The molecular formula is C12H8ClFN4. The van der Waals surface area contributed by atoms with Crippen molar-refractivity contribution in [1.29, 1.82) is 0 Å². The van der Waals surface area contributed by atoms with E-state index in [1.165, 1.54) is 12.4 Å². The third-order valence-corrected chi connectivity index (χ3v) is 2.84. The summed E-state index contributed by atoms with van der Waals surface area (Å²) in [4.78, 5) is 3.94. The largest absolute Gasteiger partial charge is 0.265 e. The molecule has 0 aliphatic rings. The molecule has 0 saturated carbocycles. The standard InChI is InChI=1S/C12H8ClFN4/c1-7-2-3-9(14)8(4-7)12-17-16-11-5-10(13)15-6-18(11)12/h2-6H,1H3. The molecular weight excluding hydrogens is 255 g/mol. The number of aromatic nitrogens is 4. The van der Waals surface area contributed by atoms with Gasteiger partial charge in [0.15, 0.2) is 11.5 Å². The zero-order chi connectivity index (χ0) is 12.7. The summed E-state index contributed by atoms with van der Waals surface area (Å²) >= 11 is 5.76. The van der Waals surface area contributed by atoms with E-state index in [4.69, 9.17) is 11.6 Å². The van der Waals surface area contributed by atoms with Crippen molar-refractivity contribution in [3.63, 3.8) is 0 Å². The van der Waals surface area contributed by atoms with Crippen LogP contribution >= 0.6 is 11.6 Å². The summed E-state index contributed by atoms with van der Waals surface area (Å²) in [5, 5.41) is 8.26. The van der Waals surface area contributed by atoms with Crippen LogP contribution in [0.25, 0.3) is 17.0 Å². The van der Waals surface area contributed by atoms with Crippen molar-refractivity contribution in [3.8, 4) is 11.4 Å². The lowest BCUT2D eigenvalue weighted by Crippen LogP contribution is -1.94. The molecule has 18 heavy (non-hydrogen) atoms. The van der Waals surface area contributed by atoms with Crippen LogP contribution in [-0.4, -0.2) is 19.6 Å². The van der Waals surface area contributed by atoms with Gasteiger partial charge in [-0.25, -0.2) is 9.37 Å². The number of aryl methyl sites for hydroxylation is 1. The number of benzene rings is 1. The molecule has 1 aromatic carbocycles. The molecule has 0 aliphatic heterocycles. The van der Waals surface area contributed by atoms with Crippen LogP contribution in [0.3, 0.4) is 0 Å². The lowest BCUT2D eigenvalue weighted by atomic mass is 10.1. The molecule has 0 unspecified atom stereocenters. The highest BCUT2D eigenvalue weighted by Crippen LogP contribution is 2.23. The van der Waals surface area contributed by atoms with Crippen molar-refractivity contribution >= 4 is 17.2 Å². The van der Waals surface area contributed by atoms with Crippen molar-refractivity contribution in [1.82, 2.24) is 19.6 Å². The van der Waals surface area contributed by atoms with E-state index < -0.39 is 0 Å². The van der Waals surface area contributed by atoms with Crippen molar-refractivity contribution < 1.29 is 4.39 Å². The first kappa shape index (κ1) is 11.1. The normalized spacial score (nSPS) is 11.1. The fraction of sp³-hybridized carbons (Fsp3) is 0.0833. The SMILES string of the molecule is Cc1ccc(F)c(-c2nnc3cc(Cl)ncn23)c1. The number of rotatable bonds is 1. The summed E-state index contributed by atoms with van der Waals surface area (Å²) in [7, 11) is 0. The van der Waals surface area contributed by atoms with Gasteiger partial charge in [-0.1, -0.05) is 23.2 Å². The van der Waals surface area contributed by atoms with E-state index in [1.807, 2.05) is 6.92 Å². The smallest absolute Gasteiger partial charge is 0.172 e. The van der Waals surface area contributed by atoms with E-state index in [0.717, 1.165) is 5.56 Å². The van der Waals surface area contributed by atoms with E-state index in [1.54, 1.807) is 22.6 Å². The second-order valence-electron chi connectivity index (χ2n) is 3.95. The average molecular weight is 263 g/mol. The van der Waals surface area contributed by atoms with Crippen molar-refractivity contribution in [3.05, 3.63) is 47.1 Å². The van der Waals surface area contributed by atoms with Gasteiger partial charge in [-0.3, -0.25) is 4.40 Å². The Kier molecular flexibility index (Phi) is 2.48. The van der Waals surface area contributed by atoms with E-state index in [0.29, 0.717) is 22.2 Å². The molecule has 0 saturated heterocycles. The first-order valence-corrected chi connectivity index (χ1v) is 5.66. The Bertz CT molecular complexity index is 738. The first-order valence-electron chi connectivity index (χ1n) is 5.28. The van der Waals surface area contributed by atoms with Crippen LogP contribution in [0, 0.1) is 12.7 Å². The number of hydrogen-bond acceptors (Lipinski definition) is 3. The predicted octanol–water partition coefficient (Wildman–Crippen LogP) is 2.89. The molecule has 90 valence electrons. The Balaban J connectivity index is 2.28. The molecule has 3 aromatic rings. The van der Waals surface area contributed by atoms with E-state index in [2.05, 4.69) is 15.2 Å². The minimum atomic E-state index is -0.343. The third kappa shape index (κ3) is 1.73. The highest BCUT2D eigenvalue weighted by atomic mass is 35.5. The Hall–Kier alpha value is -2.01. The zero-order valence-corrected chi connectivity index (χ0v) is 10.2. The summed E-state index contributed by atoms with van der Waals surface area (Å²) in [6, 6.07) is 6.42. The van der Waals surface area contributed by atoms with Gasteiger partial charge in [0, 0.05) is 6.07 Å². The number of halogens is 2. The van der Waals surface area contributed by atoms with E-state index in [9.17, 15) is 4.39 Å². The fourth-order valence-electron chi connectivity index (χ4n) is 1.77. The molecule has 0 aliphatic carbocycles. The maximum Gasteiger partial charge on any atom is 0.172 e. The minimum Gasteiger partial charge on any atom is -0.265 e. The number of fused-ring (bicyclic) bond motifs is 1. The first-order chi connectivity index (χ1) is 8.65. The number of hydrogen-bond donors (Lipinski definition) is 0. The van der Waals surface area contributed by atoms with Gasteiger partial charge in [0.05, 0.1) is 5.56 Å². The molecule has 0 bridgehead atoms. The molecule has 3 rings (SSSR count). The van der Waals surface area contributed by atoms with Crippen molar-refractivity contribution in [2.75, 3.05) is 0 Å². The minimum absolute atomic E-state index is 0.325.